The molecule has 0 heterocycles. The lowest BCUT2D eigenvalue weighted by molar-refractivity contribution is 0.993. The minimum Gasteiger partial charge on any atom is -0.238 e. The maximum atomic E-state index is 7.50. The first-order chi connectivity index (χ1) is 12.3. The largest absolute Gasteiger partial charge is 0.238 e. The molecule has 3 aromatic rings. The van der Waals surface area contributed by atoms with E-state index in [0.29, 0.717) is 17.1 Å². The van der Waals surface area contributed by atoms with Crippen molar-refractivity contribution in [2.75, 3.05) is 0 Å². The zero-order chi connectivity index (χ0) is 17.6. The van der Waals surface area contributed by atoms with E-state index in [1.807, 2.05) is 54.6 Å². The highest BCUT2D eigenvalue weighted by molar-refractivity contribution is 5.69. The summed E-state index contributed by atoms with van der Waals surface area (Å²) in [6, 6.07) is 22.2. The van der Waals surface area contributed by atoms with Crippen LogP contribution in [-0.2, 0) is 0 Å². The third kappa shape index (κ3) is 2.98. The lowest BCUT2D eigenvalue weighted by Crippen LogP contribution is -2.04. The van der Waals surface area contributed by atoms with E-state index >= 15 is 0 Å². The molecule has 116 valence electrons. The normalized spacial score (nSPS) is 9.84. The van der Waals surface area contributed by atoms with Crippen molar-refractivity contribution in [3.05, 3.63) is 124 Å². The Kier molecular flexibility index (Phi) is 4.57. The molecule has 0 unspecified atom stereocenters. The molecule has 25 heavy (non-hydrogen) atoms. The van der Waals surface area contributed by atoms with Crippen LogP contribution in [0, 0.1) is 19.7 Å². The molecule has 0 saturated carbocycles. The highest BCUT2D eigenvalue weighted by Gasteiger charge is 2.23. The van der Waals surface area contributed by atoms with Crippen LogP contribution in [0.25, 0.3) is 14.5 Å². The Morgan fingerprint density at radius 1 is 0.480 bits per heavy atom. The molecule has 0 amide bonds. The summed E-state index contributed by atoms with van der Waals surface area (Å²) < 4.78 is 0. The fourth-order valence-corrected chi connectivity index (χ4v) is 3.00. The van der Waals surface area contributed by atoms with Crippen LogP contribution in [0.15, 0.2) is 72.8 Å². The summed E-state index contributed by atoms with van der Waals surface area (Å²) in [6.07, 6.45) is 0. The Balaban J connectivity index is 2.36. The maximum Gasteiger partial charge on any atom is 0.191 e. The Morgan fingerprint density at radius 3 is 1.04 bits per heavy atom. The lowest BCUT2D eigenvalue weighted by Gasteiger charge is -2.22. The molecule has 0 atom stereocenters. The van der Waals surface area contributed by atoms with Crippen molar-refractivity contribution in [2.24, 2.45) is 0 Å². The second-order valence-electron chi connectivity index (χ2n) is 5.44. The van der Waals surface area contributed by atoms with Crippen molar-refractivity contribution in [3.63, 3.8) is 0 Å². The molecule has 0 aliphatic rings. The van der Waals surface area contributed by atoms with Gasteiger partial charge in [-0.1, -0.05) is 72.8 Å². The van der Waals surface area contributed by atoms with Gasteiger partial charge in [-0.25, -0.2) is 14.5 Å². The van der Waals surface area contributed by atoms with Crippen molar-refractivity contribution in [2.45, 2.75) is 5.92 Å². The summed E-state index contributed by atoms with van der Waals surface area (Å²) in [6.45, 7) is 22.5. The van der Waals surface area contributed by atoms with Crippen molar-refractivity contribution in [1.82, 2.24) is 0 Å². The topological polar surface area (TPSA) is 13.1 Å². The molecule has 0 aliphatic carbocycles. The number of benzene rings is 3. The molecule has 3 nitrogen and oxygen atoms in total. The highest BCUT2D eigenvalue weighted by atomic mass is 14.7. The first-order valence-corrected chi connectivity index (χ1v) is 7.69. The number of hydrogen-bond donors (Lipinski definition) is 0. The van der Waals surface area contributed by atoms with E-state index in [9.17, 15) is 0 Å². The third-order valence-electron chi connectivity index (χ3n) is 4.10. The zero-order valence-corrected chi connectivity index (χ0v) is 13.3. The highest BCUT2D eigenvalue weighted by Crippen LogP contribution is 2.43. The summed E-state index contributed by atoms with van der Waals surface area (Å²) in [7, 11) is 0. The summed E-state index contributed by atoms with van der Waals surface area (Å²) in [4.78, 5) is 10.9. The van der Waals surface area contributed by atoms with E-state index in [0.717, 1.165) is 16.7 Å². The van der Waals surface area contributed by atoms with Crippen LogP contribution in [0.1, 0.15) is 22.6 Å². The molecule has 0 fully saturated rings. The van der Waals surface area contributed by atoms with Gasteiger partial charge in [0.2, 0.25) is 0 Å². The monoisotopic (exact) mass is 319 g/mol. The standard InChI is InChI=1S/C22H13N3/c1-23-19-13-7-4-10-16(19)22(17-11-5-8-14-20(17)24-2)18-12-6-9-15-21(18)25-3/h4-15,22H. The maximum absolute atomic E-state index is 7.50. The van der Waals surface area contributed by atoms with Crippen molar-refractivity contribution in [1.29, 1.82) is 0 Å². The fraction of sp³-hybridized carbons (Fsp3) is 0.0455. The average molecular weight is 319 g/mol. The van der Waals surface area contributed by atoms with E-state index < -0.39 is 0 Å². The van der Waals surface area contributed by atoms with Gasteiger partial charge in [-0.2, -0.15) is 0 Å². The number of hydrogen-bond acceptors (Lipinski definition) is 0. The molecule has 0 saturated heterocycles. The minimum absolute atomic E-state index is 0.333. The molecular formula is C22H13N3. The number of rotatable bonds is 3. The summed E-state index contributed by atoms with van der Waals surface area (Å²) in [5, 5.41) is 0. The molecular weight excluding hydrogens is 306 g/mol. The van der Waals surface area contributed by atoms with Gasteiger partial charge in [0.05, 0.1) is 19.7 Å². The van der Waals surface area contributed by atoms with Gasteiger partial charge in [-0.15, -0.1) is 0 Å². The molecule has 0 aromatic heterocycles. The van der Waals surface area contributed by atoms with Gasteiger partial charge in [0.1, 0.15) is 0 Å². The molecule has 3 heteroatoms. The van der Waals surface area contributed by atoms with Gasteiger partial charge >= 0.3 is 0 Å². The summed E-state index contributed by atoms with van der Waals surface area (Å²) in [5.74, 6) is -0.333. The minimum atomic E-state index is -0.333. The number of nitrogens with zero attached hydrogens (tertiary/aromatic N) is 3. The van der Waals surface area contributed by atoms with Crippen LogP contribution < -0.4 is 0 Å². The second kappa shape index (κ2) is 7.14. The van der Waals surface area contributed by atoms with E-state index in [1.165, 1.54) is 0 Å². The van der Waals surface area contributed by atoms with Gasteiger partial charge in [0, 0.05) is 5.92 Å². The quantitative estimate of drug-likeness (QED) is 0.385. The van der Waals surface area contributed by atoms with Crippen LogP contribution in [0.3, 0.4) is 0 Å². The van der Waals surface area contributed by atoms with Gasteiger partial charge in [-0.3, -0.25) is 0 Å². The first-order valence-electron chi connectivity index (χ1n) is 7.69. The van der Waals surface area contributed by atoms with Gasteiger partial charge in [0.25, 0.3) is 0 Å². The van der Waals surface area contributed by atoms with Crippen molar-refractivity contribution in [3.8, 4) is 0 Å². The third-order valence-corrected chi connectivity index (χ3v) is 4.10. The average Bonchev–Trinajstić information content (AvgIpc) is 2.69. The van der Waals surface area contributed by atoms with E-state index in [1.54, 1.807) is 18.2 Å². The van der Waals surface area contributed by atoms with Crippen LogP contribution in [0.4, 0.5) is 17.1 Å². The molecule has 3 rings (SSSR count). The summed E-state index contributed by atoms with van der Waals surface area (Å²) in [5.41, 5.74) is 4.03. The zero-order valence-electron chi connectivity index (χ0n) is 13.3. The molecule has 0 aliphatic heterocycles. The van der Waals surface area contributed by atoms with E-state index in [-0.39, 0.29) is 5.92 Å². The van der Waals surface area contributed by atoms with Crippen LogP contribution in [-0.4, -0.2) is 0 Å². The van der Waals surface area contributed by atoms with Crippen molar-refractivity contribution >= 4 is 17.1 Å². The number of para-hydroxylation sites is 3. The van der Waals surface area contributed by atoms with Crippen LogP contribution in [0.5, 0.6) is 0 Å². The van der Waals surface area contributed by atoms with Crippen LogP contribution in [0.2, 0.25) is 0 Å². The smallest absolute Gasteiger partial charge is 0.191 e. The first kappa shape index (κ1) is 16.0. The van der Waals surface area contributed by atoms with Crippen LogP contribution >= 0.6 is 0 Å². The molecule has 3 aromatic carbocycles. The van der Waals surface area contributed by atoms with Gasteiger partial charge in [-0.05, 0) is 16.7 Å². The van der Waals surface area contributed by atoms with E-state index in [4.69, 9.17) is 19.7 Å². The molecule has 0 spiro atoms. The molecule has 0 radical (unpaired) electrons. The molecule has 0 bridgehead atoms. The second-order valence-corrected chi connectivity index (χ2v) is 5.44. The summed E-state index contributed by atoms with van der Waals surface area (Å²) >= 11 is 0. The Morgan fingerprint density at radius 2 is 0.760 bits per heavy atom. The fourth-order valence-electron chi connectivity index (χ4n) is 3.00. The van der Waals surface area contributed by atoms with Crippen molar-refractivity contribution < 1.29 is 0 Å². The Hall–Kier alpha value is -3.87. The van der Waals surface area contributed by atoms with E-state index in [2.05, 4.69) is 14.5 Å². The van der Waals surface area contributed by atoms with Gasteiger partial charge in [0.15, 0.2) is 17.1 Å². The predicted molar refractivity (Wildman–Crippen MR) is 99.1 cm³/mol. The lowest BCUT2D eigenvalue weighted by atomic mass is 9.82. The van der Waals surface area contributed by atoms with Gasteiger partial charge < -0.3 is 0 Å². The Bertz CT molecular complexity index is 909. The Labute approximate surface area is 147 Å². The SMILES string of the molecule is [C-]#[N+]c1ccccc1C(c1ccccc1[N+]#[C-])c1ccccc1[N+]#[C-]. The molecule has 0 N–H and O–H groups in total. The predicted octanol–water partition coefficient (Wildman–Crippen LogP) is 6.52.